The standard InChI is InChI=1S/C45H56Cl2N10O10/c1-3-54(36-10-6-34(7-11-36)48-50-42-16-14-38(56(62)63)32-40(42)46)26-30-66-44(60)18-22-52(20-5-21-53(24-28-58)25-29-59)23-19-45(61)67-31-27-55(4-2)37-12-8-35(9-13-37)49-51-43-17-15-39(57(64)65)33-41(43)47/h6-17,32-33,58-59H,3-5,18-31H2,1-2H3. The van der Waals surface area contributed by atoms with Gasteiger partial charge in [-0.25, -0.2) is 0 Å². The average Bonchev–Trinajstić information content (AvgIpc) is 3.32. The Morgan fingerprint density at radius 3 is 1.30 bits per heavy atom. The SMILES string of the molecule is CCN(CCOC(=O)CCN(CCCN(CCO)CCO)CCC(=O)OCCN(CC)c1ccc(N=Nc2ccc([N+](=O)[O-])cc2Cl)cc1)c1ccc(N=Nc2ccc([N+](=O)[O-])cc2Cl)cc1. The van der Waals surface area contributed by atoms with Gasteiger partial charge >= 0.3 is 11.9 Å². The van der Waals surface area contributed by atoms with Crippen LogP contribution in [0, 0.1) is 20.2 Å². The topological polar surface area (TPSA) is 242 Å². The second kappa shape index (κ2) is 28.8. The molecule has 2 N–H and O–H groups in total. The van der Waals surface area contributed by atoms with Crippen molar-refractivity contribution in [3.63, 3.8) is 0 Å². The molecular weight excluding hydrogens is 911 g/mol. The second-order valence-electron chi connectivity index (χ2n) is 14.8. The molecule has 0 aliphatic carbocycles. The number of nitrogens with zero attached hydrogens (tertiary/aromatic N) is 10. The number of rotatable bonds is 30. The summed E-state index contributed by atoms with van der Waals surface area (Å²) >= 11 is 12.3. The number of ether oxygens (including phenoxy) is 2. The van der Waals surface area contributed by atoms with Crippen molar-refractivity contribution in [1.29, 1.82) is 0 Å². The van der Waals surface area contributed by atoms with Crippen LogP contribution in [0.4, 0.5) is 45.5 Å². The van der Waals surface area contributed by atoms with Crippen molar-refractivity contribution in [2.75, 3.05) is 102 Å². The van der Waals surface area contributed by atoms with Gasteiger partial charge in [0.15, 0.2) is 0 Å². The van der Waals surface area contributed by atoms with Gasteiger partial charge in [-0.2, -0.15) is 10.2 Å². The third kappa shape index (κ3) is 18.6. The summed E-state index contributed by atoms with van der Waals surface area (Å²) in [5.74, 6) is -0.757. The third-order valence-corrected chi connectivity index (χ3v) is 10.9. The zero-order valence-corrected chi connectivity index (χ0v) is 39.0. The molecule has 67 heavy (non-hydrogen) atoms. The highest BCUT2D eigenvalue weighted by molar-refractivity contribution is 6.33. The summed E-state index contributed by atoms with van der Waals surface area (Å²) in [6, 6.07) is 22.4. The third-order valence-electron chi connectivity index (χ3n) is 10.3. The van der Waals surface area contributed by atoms with E-state index >= 15 is 0 Å². The fourth-order valence-electron chi connectivity index (χ4n) is 6.66. The number of nitro groups is 2. The van der Waals surface area contributed by atoms with Crippen molar-refractivity contribution in [1.82, 2.24) is 9.80 Å². The minimum atomic E-state index is -0.539. The van der Waals surface area contributed by atoms with Gasteiger partial charge in [0.1, 0.15) is 24.6 Å². The van der Waals surface area contributed by atoms with Gasteiger partial charge in [0.05, 0.1) is 70.4 Å². The fourth-order valence-corrected chi connectivity index (χ4v) is 7.08. The van der Waals surface area contributed by atoms with Crippen LogP contribution in [0.25, 0.3) is 0 Å². The van der Waals surface area contributed by atoms with Crippen LogP contribution in [0.15, 0.2) is 105 Å². The first-order valence-corrected chi connectivity index (χ1v) is 22.5. The second-order valence-corrected chi connectivity index (χ2v) is 15.6. The van der Waals surface area contributed by atoms with Crippen LogP contribution in [0.3, 0.4) is 0 Å². The number of non-ortho nitro benzene ring substituents is 2. The van der Waals surface area contributed by atoms with E-state index in [2.05, 4.69) is 20.5 Å². The number of aliphatic hydroxyl groups is 2. The maximum atomic E-state index is 12.9. The fraction of sp³-hybridized carbons (Fsp3) is 0.422. The van der Waals surface area contributed by atoms with E-state index in [-0.39, 0.29) is 72.6 Å². The number of esters is 2. The van der Waals surface area contributed by atoms with Crippen LogP contribution in [0.5, 0.6) is 0 Å². The lowest BCUT2D eigenvalue weighted by Gasteiger charge is -2.25. The molecule has 0 spiro atoms. The summed E-state index contributed by atoms with van der Waals surface area (Å²) in [7, 11) is 0. The van der Waals surface area contributed by atoms with Crippen molar-refractivity contribution < 1.29 is 39.1 Å². The number of anilines is 2. The molecule has 0 aromatic heterocycles. The molecule has 0 radical (unpaired) electrons. The highest BCUT2D eigenvalue weighted by Crippen LogP contribution is 2.32. The van der Waals surface area contributed by atoms with E-state index in [1.807, 2.05) is 57.7 Å². The summed E-state index contributed by atoms with van der Waals surface area (Å²) in [6.45, 7) is 9.10. The summed E-state index contributed by atoms with van der Waals surface area (Å²) in [5, 5.41) is 57.6. The molecule has 0 heterocycles. The Bertz CT molecular complexity index is 2120. The van der Waals surface area contributed by atoms with Crippen molar-refractivity contribution in [2.24, 2.45) is 20.5 Å². The minimum Gasteiger partial charge on any atom is -0.464 e. The molecule has 0 atom stereocenters. The Kier molecular flexibility index (Phi) is 23.0. The highest BCUT2D eigenvalue weighted by atomic mass is 35.5. The van der Waals surface area contributed by atoms with Crippen molar-refractivity contribution in [2.45, 2.75) is 33.1 Å². The van der Waals surface area contributed by atoms with E-state index in [1.165, 1.54) is 36.4 Å². The molecule has 22 heteroatoms. The molecule has 360 valence electrons. The molecule has 0 fully saturated rings. The van der Waals surface area contributed by atoms with Crippen molar-refractivity contribution in [3.05, 3.63) is 115 Å². The first-order chi connectivity index (χ1) is 32.3. The van der Waals surface area contributed by atoms with E-state index < -0.39 is 9.85 Å². The summed E-state index contributed by atoms with van der Waals surface area (Å²) in [4.78, 5) is 54.8. The molecule has 4 aromatic rings. The normalized spacial score (nSPS) is 11.5. The molecule has 0 amide bonds. The lowest BCUT2D eigenvalue weighted by molar-refractivity contribution is -0.385. The molecule has 0 saturated heterocycles. The molecule has 20 nitrogen and oxygen atoms in total. The Morgan fingerprint density at radius 2 is 0.955 bits per heavy atom. The maximum absolute atomic E-state index is 12.9. The summed E-state index contributed by atoms with van der Waals surface area (Å²) in [5.41, 5.74) is 3.18. The van der Waals surface area contributed by atoms with E-state index in [1.54, 1.807) is 24.3 Å². The number of hydrogen-bond donors (Lipinski definition) is 2. The maximum Gasteiger partial charge on any atom is 0.307 e. The van der Waals surface area contributed by atoms with E-state index in [9.17, 15) is 40.0 Å². The molecule has 0 unspecified atom stereocenters. The molecule has 0 saturated carbocycles. The van der Waals surface area contributed by atoms with Crippen LogP contribution >= 0.6 is 23.2 Å². The van der Waals surface area contributed by atoms with Crippen LogP contribution in [-0.2, 0) is 19.1 Å². The van der Waals surface area contributed by atoms with Gasteiger partial charge in [-0.15, -0.1) is 10.2 Å². The molecule has 4 aromatic carbocycles. The molecule has 0 aliphatic heterocycles. The number of halogens is 2. The van der Waals surface area contributed by atoms with Gasteiger partial charge in [-0.1, -0.05) is 23.2 Å². The smallest absolute Gasteiger partial charge is 0.307 e. The van der Waals surface area contributed by atoms with Gasteiger partial charge in [-0.3, -0.25) is 34.7 Å². The lowest BCUT2D eigenvalue weighted by atomic mass is 10.2. The first-order valence-electron chi connectivity index (χ1n) is 21.7. The Balaban J connectivity index is 1.23. The zero-order valence-electron chi connectivity index (χ0n) is 37.5. The Morgan fingerprint density at radius 1 is 0.567 bits per heavy atom. The number of carbonyl (C=O) groups is 2. The molecule has 0 bridgehead atoms. The van der Waals surface area contributed by atoms with Crippen LogP contribution in [-0.4, -0.2) is 134 Å². The number of nitro benzene ring substituents is 2. The zero-order chi connectivity index (χ0) is 48.6. The van der Waals surface area contributed by atoms with E-state index in [0.717, 1.165) is 11.4 Å². The predicted molar refractivity (Wildman–Crippen MR) is 256 cm³/mol. The summed E-state index contributed by atoms with van der Waals surface area (Å²) in [6.07, 6.45) is 0.886. The first kappa shape index (κ1) is 53.5. The number of aliphatic hydroxyl groups excluding tert-OH is 2. The lowest BCUT2D eigenvalue weighted by Crippen LogP contribution is -2.35. The van der Waals surface area contributed by atoms with Gasteiger partial charge in [-0.05, 0) is 94.0 Å². The number of azo groups is 2. The average molecular weight is 968 g/mol. The number of likely N-dealkylation sites (N-methyl/N-ethyl adjacent to an activating group) is 2. The van der Waals surface area contributed by atoms with Crippen LogP contribution in [0.2, 0.25) is 10.0 Å². The minimum absolute atomic E-state index is 0.0370. The summed E-state index contributed by atoms with van der Waals surface area (Å²) < 4.78 is 11.2. The van der Waals surface area contributed by atoms with Crippen LogP contribution < -0.4 is 9.80 Å². The van der Waals surface area contributed by atoms with Crippen molar-refractivity contribution >= 4 is 80.6 Å². The number of benzene rings is 4. The Hall–Kier alpha value is -6.16. The predicted octanol–water partition coefficient (Wildman–Crippen LogP) is 8.84. The van der Waals surface area contributed by atoms with Crippen LogP contribution in [0.1, 0.15) is 33.1 Å². The highest BCUT2D eigenvalue weighted by Gasteiger charge is 2.16. The van der Waals surface area contributed by atoms with E-state index in [4.69, 9.17) is 32.7 Å². The van der Waals surface area contributed by atoms with Gasteiger partial charge < -0.3 is 34.4 Å². The molecular formula is C45H56Cl2N10O10. The number of carbonyl (C=O) groups excluding carboxylic acids is 2. The quantitative estimate of drug-likeness (QED) is 0.0215. The van der Waals surface area contributed by atoms with Gasteiger partial charge in [0, 0.05) is 74.9 Å². The van der Waals surface area contributed by atoms with Crippen molar-refractivity contribution in [3.8, 4) is 0 Å². The number of hydrogen-bond acceptors (Lipinski definition) is 18. The Labute approximate surface area is 398 Å². The largest absolute Gasteiger partial charge is 0.464 e. The van der Waals surface area contributed by atoms with Gasteiger partial charge in [0.2, 0.25) is 0 Å². The monoisotopic (exact) mass is 966 g/mol. The molecule has 4 rings (SSSR count). The van der Waals surface area contributed by atoms with E-state index in [0.29, 0.717) is 94.6 Å². The van der Waals surface area contributed by atoms with Gasteiger partial charge in [0.25, 0.3) is 11.4 Å². The molecule has 0 aliphatic rings.